The maximum absolute atomic E-state index is 3.81. The molecule has 0 amide bonds. The summed E-state index contributed by atoms with van der Waals surface area (Å²) >= 11 is 5.54. The molecule has 0 aromatic heterocycles. The van der Waals surface area contributed by atoms with Crippen molar-refractivity contribution in [3.05, 3.63) is 132 Å². The van der Waals surface area contributed by atoms with Gasteiger partial charge < -0.3 is 0 Å². The number of thioether (sulfide) groups is 2. The van der Waals surface area contributed by atoms with Gasteiger partial charge in [-0.15, -0.1) is 23.5 Å². The Morgan fingerprint density at radius 1 is 0.455 bits per heavy atom. The van der Waals surface area contributed by atoms with E-state index in [0.29, 0.717) is 0 Å². The highest BCUT2D eigenvalue weighted by Gasteiger charge is 2.02. The van der Waals surface area contributed by atoms with E-state index >= 15 is 0 Å². The normalized spacial score (nSPS) is 10.7. The van der Waals surface area contributed by atoms with Crippen molar-refractivity contribution in [3.8, 4) is 0 Å². The molecule has 0 aliphatic heterocycles. The summed E-state index contributed by atoms with van der Waals surface area (Å²) < 4.78 is 0. The minimum atomic E-state index is 0.974. The first-order chi connectivity index (χ1) is 16.2. The van der Waals surface area contributed by atoms with Crippen LogP contribution in [0.5, 0.6) is 0 Å². The molecule has 0 fully saturated rings. The maximum atomic E-state index is 3.81. The highest BCUT2D eigenvalue weighted by molar-refractivity contribution is 7.99. The molecule has 0 N–H and O–H groups in total. The topological polar surface area (TPSA) is 0 Å². The van der Waals surface area contributed by atoms with Crippen molar-refractivity contribution >= 4 is 47.4 Å². The van der Waals surface area contributed by atoms with E-state index in [9.17, 15) is 0 Å². The Balaban J connectivity index is 1.26. The van der Waals surface area contributed by atoms with Crippen LogP contribution in [0, 0.1) is 0 Å². The molecule has 0 saturated heterocycles. The van der Waals surface area contributed by atoms with Crippen molar-refractivity contribution in [2.45, 2.75) is 31.1 Å². The van der Waals surface area contributed by atoms with Crippen molar-refractivity contribution in [1.82, 2.24) is 0 Å². The largest absolute Gasteiger partial charge is 0.121 e. The van der Waals surface area contributed by atoms with Crippen LogP contribution in [0.2, 0.25) is 0 Å². The predicted octanol–water partition coefficient (Wildman–Crippen LogP) is 9.71. The van der Waals surface area contributed by atoms with E-state index in [0.717, 1.165) is 22.6 Å². The fourth-order valence-corrected chi connectivity index (χ4v) is 5.70. The monoisotopic (exact) mass is 482 g/mol. The van der Waals surface area contributed by atoms with Crippen LogP contribution < -0.4 is 0 Å². The summed E-state index contributed by atoms with van der Waals surface area (Å²) in [5, 5.41) is 0. The average Bonchev–Trinajstić information content (AvgIpc) is 2.88. The van der Waals surface area contributed by atoms with Gasteiger partial charge in [-0.1, -0.05) is 85.6 Å². The van der Waals surface area contributed by atoms with Crippen LogP contribution in [0.25, 0.3) is 12.2 Å². The number of benzene rings is 4. The molecule has 0 bridgehead atoms. The number of hydrogen-bond donors (Lipinski definition) is 0. The average molecular weight is 483 g/mol. The Morgan fingerprint density at radius 2 is 0.788 bits per heavy atom. The van der Waals surface area contributed by atoms with Gasteiger partial charge in [-0.2, -0.15) is 0 Å². The zero-order valence-electron chi connectivity index (χ0n) is 18.4. The lowest BCUT2D eigenvalue weighted by Crippen LogP contribution is -1.82. The van der Waals surface area contributed by atoms with Crippen molar-refractivity contribution in [1.29, 1.82) is 0 Å². The molecule has 4 aromatic rings. The van der Waals surface area contributed by atoms with E-state index in [1.807, 2.05) is 35.7 Å². The van der Waals surface area contributed by atoms with Gasteiger partial charge in [-0.3, -0.25) is 0 Å². The van der Waals surface area contributed by atoms with Crippen LogP contribution in [0.1, 0.15) is 22.3 Å². The van der Waals surface area contributed by atoms with Crippen molar-refractivity contribution < 1.29 is 0 Å². The fraction of sp³-hybridized carbons (Fsp3) is 0.0667. The number of hydrogen-bond acceptors (Lipinski definition) is 3. The third-order valence-electron chi connectivity index (χ3n) is 5.13. The SMILES string of the molecule is C=Cc1ccc(CSc2ccc(Sc3ccc(SCc4ccc(C=C)cc4)cc3)cc2)cc1. The number of rotatable bonds is 10. The standard InChI is InChI=1S/C30H26S3/c1-3-23-5-9-25(10-6-23)21-31-27-13-17-29(18-14-27)33-30-19-15-28(16-20-30)32-22-26-11-7-24(4-2)8-12-26/h3-20H,1-2,21-22H2. The highest BCUT2D eigenvalue weighted by Crippen LogP contribution is 2.32. The molecular formula is C30H26S3. The first-order valence-electron chi connectivity index (χ1n) is 10.8. The van der Waals surface area contributed by atoms with E-state index < -0.39 is 0 Å². The van der Waals surface area contributed by atoms with E-state index in [-0.39, 0.29) is 0 Å². The summed E-state index contributed by atoms with van der Waals surface area (Å²) in [7, 11) is 0. The van der Waals surface area contributed by atoms with Crippen LogP contribution >= 0.6 is 35.3 Å². The van der Waals surface area contributed by atoms with Gasteiger partial charge in [0.15, 0.2) is 0 Å². The van der Waals surface area contributed by atoms with Gasteiger partial charge in [-0.25, -0.2) is 0 Å². The van der Waals surface area contributed by atoms with Crippen LogP contribution in [0.15, 0.2) is 130 Å². The molecule has 0 spiro atoms. The summed E-state index contributed by atoms with van der Waals surface area (Å²) in [6, 6.07) is 34.9. The van der Waals surface area contributed by atoms with E-state index in [1.54, 1.807) is 11.8 Å². The van der Waals surface area contributed by atoms with Gasteiger partial charge in [0.2, 0.25) is 0 Å². The molecule has 0 aliphatic carbocycles. The zero-order chi connectivity index (χ0) is 22.9. The first-order valence-corrected chi connectivity index (χ1v) is 13.6. The summed E-state index contributed by atoms with van der Waals surface area (Å²) in [5.41, 5.74) is 4.98. The molecule has 33 heavy (non-hydrogen) atoms. The Labute approximate surface area is 210 Å². The molecule has 4 aromatic carbocycles. The first kappa shape index (κ1) is 23.6. The third kappa shape index (κ3) is 7.20. The molecule has 3 heteroatoms. The van der Waals surface area contributed by atoms with E-state index in [1.165, 1.54) is 30.7 Å². The lowest BCUT2D eigenvalue weighted by Gasteiger charge is -2.07. The quantitative estimate of drug-likeness (QED) is 0.206. The van der Waals surface area contributed by atoms with Gasteiger partial charge in [0, 0.05) is 31.1 Å². The molecular weight excluding hydrogens is 457 g/mol. The second kappa shape index (κ2) is 12.0. The van der Waals surface area contributed by atoms with Crippen LogP contribution in [-0.2, 0) is 11.5 Å². The van der Waals surface area contributed by atoms with Gasteiger partial charge in [0.1, 0.15) is 0 Å². The second-order valence-corrected chi connectivity index (χ2v) is 10.8. The van der Waals surface area contributed by atoms with Crippen LogP contribution in [0.4, 0.5) is 0 Å². The molecule has 0 nitrogen and oxygen atoms in total. The van der Waals surface area contributed by atoms with Gasteiger partial charge in [-0.05, 0) is 70.8 Å². The minimum Gasteiger partial charge on any atom is -0.121 e. The molecule has 0 heterocycles. The van der Waals surface area contributed by atoms with E-state index in [2.05, 4.69) is 110 Å². The fourth-order valence-electron chi connectivity index (χ4n) is 3.18. The van der Waals surface area contributed by atoms with E-state index in [4.69, 9.17) is 0 Å². The second-order valence-electron chi connectivity index (χ2n) is 7.51. The highest BCUT2D eigenvalue weighted by atomic mass is 32.2. The van der Waals surface area contributed by atoms with Crippen LogP contribution in [-0.4, -0.2) is 0 Å². The summed E-state index contributed by atoms with van der Waals surface area (Å²) in [4.78, 5) is 5.11. The van der Waals surface area contributed by atoms with Crippen LogP contribution in [0.3, 0.4) is 0 Å². The third-order valence-corrected chi connectivity index (χ3v) is 8.31. The lowest BCUT2D eigenvalue weighted by atomic mass is 10.1. The van der Waals surface area contributed by atoms with Gasteiger partial charge in [0.05, 0.1) is 0 Å². The van der Waals surface area contributed by atoms with Crippen molar-refractivity contribution in [2.75, 3.05) is 0 Å². The van der Waals surface area contributed by atoms with Crippen molar-refractivity contribution in [3.63, 3.8) is 0 Å². The van der Waals surface area contributed by atoms with Gasteiger partial charge >= 0.3 is 0 Å². The Morgan fingerprint density at radius 3 is 1.12 bits per heavy atom. The summed E-state index contributed by atoms with van der Waals surface area (Å²) in [6.07, 6.45) is 3.76. The Bertz CT molecular complexity index is 1080. The zero-order valence-corrected chi connectivity index (χ0v) is 20.9. The molecule has 0 aliphatic rings. The summed E-state index contributed by atoms with van der Waals surface area (Å²) in [5.74, 6) is 1.95. The molecule has 164 valence electrons. The van der Waals surface area contributed by atoms with Gasteiger partial charge in [0.25, 0.3) is 0 Å². The molecule has 4 rings (SSSR count). The Kier molecular flexibility index (Phi) is 8.59. The lowest BCUT2D eigenvalue weighted by molar-refractivity contribution is 1.30. The minimum absolute atomic E-state index is 0.974. The molecule has 0 saturated carbocycles. The molecule has 0 atom stereocenters. The summed E-state index contributed by atoms with van der Waals surface area (Å²) in [6.45, 7) is 7.62. The molecule has 0 unspecified atom stereocenters. The Hall–Kier alpha value is -2.59. The smallest absolute Gasteiger partial charge is 0.0232 e. The van der Waals surface area contributed by atoms with Crippen molar-refractivity contribution in [2.24, 2.45) is 0 Å². The predicted molar refractivity (Wildman–Crippen MR) is 149 cm³/mol. The maximum Gasteiger partial charge on any atom is 0.0232 e. The molecule has 0 radical (unpaired) electrons.